The number of hydrogen-bond acceptors (Lipinski definition) is 6. The molecule has 0 amide bonds. The molecule has 1 fully saturated rings. The topological polar surface area (TPSA) is 37.8 Å². The largest absolute Gasteiger partial charge is 0.491 e. The molecule has 1 saturated heterocycles. The molecular formula is C20H22N3O2S. The number of benzene rings is 2. The van der Waals surface area contributed by atoms with Gasteiger partial charge in [-0.05, 0) is 42.7 Å². The summed E-state index contributed by atoms with van der Waals surface area (Å²) in [5.41, 5.74) is 1.07. The molecule has 0 aliphatic carbocycles. The van der Waals surface area contributed by atoms with Crippen LogP contribution in [0.25, 0.3) is 10.1 Å². The highest BCUT2D eigenvalue weighted by Crippen LogP contribution is 2.38. The summed E-state index contributed by atoms with van der Waals surface area (Å²) in [6.07, 6.45) is 0. The lowest BCUT2D eigenvalue weighted by atomic mass is 10.2. The standard InChI is InChI=1S/C20H22N3O2S/c1-3-25-17-9-6-8-16(19(17)24-2)22-11-13-23(14-12-22)20-15-7-4-5-10-18(15)26-21-20/h4-8,10H,3,11-14H2,1-2H3. The first-order valence-electron chi connectivity index (χ1n) is 8.87. The van der Waals surface area contributed by atoms with Crippen LogP contribution in [0.3, 0.4) is 0 Å². The molecule has 2 aromatic carbocycles. The Hall–Kier alpha value is -2.47. The lowest BCUT2D eigenvalue weighted by Gasteiger charge is -2.37. The summed E-state index contributed by atoms with van der Waals surface area (Å²) in [5.74, 6) is 2.55. The monoisotopic (exact) mass is 368 g/mol. The molecule has 26 heavy (non-hydrogen) atoms. The smallest absolute Gasteiger partial charge is 0.184 e. The fourth-order valence-corrected chi connectivity index (χ4v) is 4.21. The average Bonchev–Trinajstić information content (AvgIpc) is 3.12. The zero-order valence-corrected chi connectivity index (χ0v) is 15.9. The van der Waals surface area contributed by atoms with Crippen molar-refractivity contribution in [2.45, 2.75) is 6.92 Å². The van der Waals surface area contributed by atoms with E-state index in [2.05, 4.69) is 50.6 Å². The molecule has 0 spiro atoms. The minimum atomic E-state index is 0.598. The van der Waals surface area contributed by atoms with Gasteiger partial charge in [-0.3, -0.25) is 0 Å². The van der Waals surface area contributed by atoms with Crippen LogP contribution < -0.4 is 19.3 Å². The number of fused-ring (bicyclic) bond motifs is 1. The van der Waals surface area contributed by atoms with Crippen LogP contribution >= 0.6 is 11.5 Å². The molecule has 3 aromatic rings. The molecule has 1 aromatic heterocycles. The number of piperazine rings is 1. The number of aromatic nitrogens is 1. The van der Waals surface area contributed by atoms with Crippen LogP contribution in [0.2, 0.25) is 0 Å². The normalized spacial score (nSPS) is 14.7. The van der Waals surface area contributed by atoms with Crippen LogP contribution in [-0.2, 0) is 0 Å². The first-order valence-corrected chi connectivity index (χ1v) is 9.65. The molecular weight excluding hydrogens is 346 g/mol. The van der Waals surface area contributed by atoms with Gasteiger partial charge in [-0.15, -0.1) is 0 Å². The molecule has 5 nitrogen and oxygen atoms in total. The summed E-state index contributed by atoms with van der Waals surface area (Å²) in [6, 6.07) is 15.5. The van der Waals surface area contributed by atoms with Crippen molar-refractivity contribution >= 4 is 33.1 Å². The van der Waals surface area contributed by atoms with Gasteiger partial charge in [0.15, 0.2) is 11.5 Å². The van der Waals surface area contributed by atoms with Crippen LogP contribution in [0, 0.1) is 6.07 Å². The van der Waals surface area contributed by atoms with Crippen LogP contribution in [0.5, 0.6) is 11.5 Å². The van der Waals surface area contributed by atoms with E-state index in [9.17, 15) is 0 Å². The Balaban J connectivity index is 1.53. The SMILES string of the molecule is CCOc1[c]ccc(N2CCN(c3nsc4ccccc34)CC2)c1OC. The molecule has 1 aliphatic heterocycles. The third-order valence-electron chi connectivity index (χ3n) is 4.67. The zero-order valence-electron chi connectivity index (χ0n) is 15.1. The van der Waals surface area contributed by atoms with Crippen molar-refractivity contribution in [2.24, 2.45) is 0 Å². The zero-order chi connectivity index (χ0) is 17.9. The average molecular weight is 368 g/mol. The van der Waals surface area contributed by atoms with Crippen LogP contribution in [0.4, 0.5) is 11.5 Å². The number of ether oxygens (including phenoxy) is 2. The number of anilines is 2. The van der Waals surface area contributed by atoms with E-state index < -0.39 is 0 Å². The van der Waals surface area contributed by atoms with Gasteiger partial charge in [-0.25, -0.2) is 0 Å². The van der Waals surface area contributed by atoms with Gasteiger partial charge < -0.3 is 19.3 Å². The summed E-state index contributed by atoms with van der Waals surface area (Å²) in [7, 11) is 1.69. The van der Waals surface area contributed by atoms with Gasteiger partial charge in [0.25, 0.3) is 0 Å². The molecule has 1 radical (unpaired) electrons. The lowest BCUT2D eigenvalue weighted by Crippen LogP contribution is -2.46. The maximum atomic E-state index is 5.66. The molecule has 0 unspecified atom stereocenters. The summed E-state index contributed by atoms with van der Waals surface area (Å²) < 4.78 is 17.2. The van der Waals surface area contributed by atoms with E-state index in [1.165, 1.54) is 10.1 Å². The number of hydrogen-bond donors (Lipinski definition) is 0. The molecule has 0 saturated carbocycles. The fourth-order valence-electron chi connectivity index (χ4n) is 3.41. The van der Waals surface area contributed by atoms with Gasteiger partial charge in [0, 0.05) is 37.6 Å². The van der Waals surface area contributed by atoms with Crippen molar-refractivity contribution in [3.05, 3.63) is 42.5 Å². The summed E-state index contributed by atoms with van der Waals surface area (Å²) in [4.78, 5) is 4.72. The number of nitrogens with zero attached hydrogens (tertiary/aromatic N) is 3. The second-order valence-corrected chi connectivity index (χ2v) is 6.94. The predicted octanol–water partition coefficient (Wildman–Crippen LogP) is 3.83. The molecule has 4 rings (SSSR count). The van der Waals surface area contributed by atoms with Gasteiger partial charge in [0.1, 0.15) is 5.82 Å². The van der Waals surface area contributed by atoms with E-state index in [0.717, 1.165) is 43.4 Å². The molecule has 0 atom stereocenters. The lowest BCUT2D eigenvalue weighted by molar-refractivity contribution is 0.310. The van der Waals surface area contributed by atoms with Gasteiger partial charge >= 0.3 is 0 Å². The second-order valence-electron chi connectivity index (χ2n) is 6.13. The Morgan fingerprint density at radius 3 is 2.65 bits per heavy atom. The van der Waals surface area contributed by atoms with E-state index in [1.54, 1.807) is 18.6 Å². The quantitative estimate of drug-likeness (QED) is 0.684. The van der Waals surface area contributed by atoms with Crippen molar-refractivity contribution in [2.75, 3.05) is 49.7 Å². The Morgan fingerprint density at radius 2 is 1.88 bits per heavy atom. The van der Waals surface area contributed by atoms with Gasteiger partial charge in [0.05, 0.1) is 24.1 Å². The Labute approximate surface area is 157 Å². The molecule has 1 aliphatic rings. The van der Waals surface area contributed by atoms with E-state index >= 15 is 0 Å². The maximum Gasteiger partial charge on any atom is 0.184 e. The molecule has 0 bridgehead atoms. The molecule has 0 N–H and O–H groups in total. The van der Waals surface area contributed by atoms with E-state index in [4.69, 9.17) is 9.47 Å². The second kappa shape index (κ2) is 7.41. The van der Waals surface area contributed by atoms with E-state index in [0.29, 0.717) is 12.4 Å². The summed E-state index contributed by atoms with van der Waals surface area (Å²) in [6.45, 7) is 6.26. The molecule has 135 valence electrons. The first-order chi connectivity index (χ1) is 12.8. The predicted molar refractivity (Wildman–Crippen MR) is 107 cm³/mol. The van der Waals surface area contributed by atoms with Crippen molar-refractivity contribution in [3.63, 3.8) is 0 Å². The highest BCUT2D eigenvalue weighted by molar-refractivity contribution is 7.13. The van der Waals surface area contributed by atoms with Gasteiger partial charge in [0.2, 0.25) is 0 Å². The number of rotatable bonds is 5. The Bertz CT molecular complexity index is 888. The summed E-state index contributed by atoms with van der Waals surface area (Å²) >= 11 is 1.57. The van der Waals surface area contributed by atoms with Crippen molar-refractivity contribution < 1.29 is 9.47 Å². The third-order valence-corrected chi connectivity index (χ3v) is 5.48. The van der Waals surface area contributed by atoms with Crippen molar-refractivity contribution in [1.82, 2.24) is 4.37 Å². The molecule has 6 heteroatoms. The highest BCUT2D eigenvalue weighted by Gasteiger charge is 2.23. The maximum absolute atomic E-state index is 5.66. The van der Waals surface area contributed by atoms with E-state index in [-0.39, 0.29) is 0 Å². The minimum Gasteiger partial charge on any atom is -0.491 e. The summed E-state index contributed by atoms with van der Waals surface area (Å²) in [5, 5.41) is 1.25. The van der Waals surface area contributed by atoms with E-state index in [1.807, 2.05) is 13.0 Å². The Morgan fingerprint density at radius 1 is 1.12 bits per heavy atom. The van der Waals surface area contributed by atoms with Gasteiger partial charge in [-0.1, -0.05) is 12.1 Å². The minimum absolute atomic E-state index is 0.598. The molecule has 2 heterocycles. The van der Waals surface area contributed by atoms with Crippen molar-refractivity contribution in [1.29, 1.82) is 0 Å². The van der Waals surface area contributed by atoms with Crippen molar-refractivity contribution in [3.8, 4) is 11.5 Å². The number of methoxy groups -OCH3 is 1. The van der Waals surface area contributed by atoms with Crippen LogP contribution in [-0.4, -0.2) is 44.3 Å². The van der Waals surface area contributed by atoms with Gasteiger partial charge in [-0.2, -0.15) is 4.37 Å². The first kappa shape index (κ1) is 17.0. The fraction of sp³-hybridized carbons (Fsp3) is 0.350. The van der Waals surface area contributed by atoms with Crippen LogP contribution in [0.15, 0.2) is 36.4 Å². The van der Waals surface area contributed by atoms with Crippen LogP contribution in [0.1, 0.15) is 6.92 Å². The highest BCUT2D eigenvalue weighted by atomic mass is 32.1. The Kier molecular flexibility index (Phi) is 4.84. The third kappa shape index (κ3) is 3.05.